The Labute approximate surface area is 121 Å². The molecule has 0 atom stereocenters. The van der Waals surface area contributed by atoms with Gasteiger partial charge in [-0.1, -0.05) is 0 Å². The first-order valence-electron chi connectivity index (χ1n) is 6.04. The lowest BCUT2D eigenvalue weighted by Crippen LogP contribution is -2.48. The van der Waals surface area contributed by atoms with Gasteiger partial charge in [-0.05, 0) is 12.1 Å². The first-order chi connectivity index (χ1) is 9.94. The molecule has 0 radical (unpaired) electrons. The number of anilines is 1. The van der Waals surface area contributed by atoms with Crippen molar-refractivity contribution >= 4 is 21.4 Å². The molecule has 1 heterocycles. The Bertz CT molecular complexity index is 629. The Balaban J connectivity index is 2.35. The first-order valence-corrected chi connectivity index (χ1v) is 7.52. The molecular weight excluding hydrogens is 302 g/mol. The summed E-state index contributed by atoms with van der Waals surface area (Å²) in [6.45, 7) is 1.49. The van der Waals surface area contributed by atoms with Crippen molar-refractivity contribution in [2.45, 2.75) is 4.90 Å². The Morgan fingerprint density at radius 1 is 1.33 bits per heavy atom. The third kappa shape index (κ3) is 3.65. The van der Waals surface area contributed by atoms with E-state index >= 15 is 0 Å². The molecule has 2 rings (SSSR count). The molecule has 1 aliphatic rings. The van der Waals surface area contributed by atoms with Crippen molar-refractivity contribution < 1.29 is 18.1 Å². The van der Waals surface area contributed by atoms with Crippen LogP contribution < -0.4 is 16.1 Å². The molecule has 4 N–H and O–H groups in total. The average Bonchev–Trinajstić information content (AvgIpc) is 2.47. The van der Waals surface area contributed by atoms with E-state index in [2.05, 4.69) is 10.3 Å². The van der Waals surface area contributed by atoms with E-state index in [1.54, 1.807) is 0 Å². The molecule has 0 aromatic heterocycles. The lowest BCUT2D eigenvalue weighted by Gasteiger charge is -2.26. The summed E-state index contributed by atoms with van der Waals surface area (Å²) in [5, 5.41) is 12.4. The van der Waals surface area contributed by atoms with E-state index in [4.69, 9.17) is 10.6 Å². The molecule has 0 unspecified atom stereocenters. The topological polar surface area (TPSA) is 140 Å². The number of nitrogen functional groups attached to an aromatic ring is 1. The zero-order valence-corrected chi connectivity index (χ0v) is 11.8. The maximum atomic E-state index is 12.3. The number of hydrazine groups is 2. The molecule has 1 saturated heterocycles. The van der Waals surface area contributed by atoms with E-state index in [-0.39, 0.29) is 5.69 Å². The Morgan fingerprint density at radius 2 is 2.00 bits per heavy atom. The number of nitrogens with one attached hydrogen (secondary N) is 2. The number of ether oxygens (including phenoxy) is 1. The summed E-state index contributed by atoms with van der Waals surface area (Å²) in [4.78, 5) is 12.1. The number of hydrogen-bond donors (Lipinski definition) is 3. The van der Waals surface area contributed by atoms with E-state index in [9.17, 15) is 18.5 Å². The summed E-state index contributed by atoms with van der Waals surface area (Å²) in [6.07, 6.45) is 0. The predicted molar refractivity (Wildman–Crippen MR) is 73.6 cm³/mol. The van der Waals surface area contributed by atoms with Gasteiger partial charge in [-0.3, -0.25) is 16.0 Å². The number of nitrogens with two attached hydrogens (primary N) is 1. The van der Waals surface area contributed by atoms with Gasteiger partial charge in [-0.25, -0.2) is 13.4 Å². The van der Waals surface area contributed by atoms with Gasteiger partial charge in [0.05, 0.1) is 23.8 Å². The van der Waals surface area contributed by atoms with Gasteiger partial charge in [0.25, 0.3) is 15.7 Å². The van der Waals surface area contributed by atoms with Crippen LogP contribution in [0, 0.1) is 10.1 Å². The standard InChI is InChI=1S/C10H15N5O5S/c11-12-8-1-2-9(15(16)17)10(7-8)21(18,19)13-14-3-5-20-6-4-14/h1-2,7,12-13H,3-6,11H2. The van der Waals surface area contributed by atoms with E-state index in [0.717, 1.165) is 12.1 Å². The van der Waals surface area contributed by atoms with Crippen molar-refractivity contribution in [3.63, 3.8) is 0 Å². The molecule has 1 aromatic carbocycles. The zero-order chi connectivity index (χ0) is 15.5. The minimum Gasteiger partial charge on any atom is -0.379 e. The fourth-order valence-corrected chi connectivity index (χ4v) is 3.16. The Morgan fingerprint density at radius 3 is 2.57 bits per heavy atom. The van der Waals surface area contributed by atoms with Gasteiger partial charge in [-0.15, -0.1) is 4.83 Å². The Hall–Kier alpha value is -1.79. The summed E-state index contributed by atoms with van der Waals surface area (Å²) in [5.41, 5.74) is 1.99. The maximum absolute atomic E-state index is 12.3. The van der Waals surface area contributed by atoms with Gasteiger partial charge < -0.3 is 10.2 Å². The minimum absolute atomic E-state index is 0.253. The van der Waals surface area contributed by atoms with E-state index in [1.165, 1.54) is 11.1 Å². The highest BCUT2D eigenvalue weighted by atomic mass is 32.2. The minimum atomic E-state index is -4.09. The molecule has 11 heteroatoms. The average molecular weight is 317 g/mol. The van der Waals surface area contributed by atoms with E-state index in [0.29, 0.717) is 26.3 Å². The summed E-state index contributed by atoms with van der Waals surface area (Å²) >= 11 is 0. The fraction of sp³-hybridized carbons (Fsp3) is 0.400. The normalized spacial score (nSPS) is 16.6. The summed E-state index contributed by atoms with van der Waals surface area (Å²) in [5.74, 6) is 5.21. The number of nitrogens with zero attached hydrogens (tertiary/aromatic N) is 2. The lowest BCUT2D eigenvalue weighted by atomic mass is 10.3. The van der Waals surface area contributed by atoms with Crippen molar-refractivity contribution in [2.75, 3.05) is 31.7 Å². The smallest absolute Gasteiger partial charge is 0.289 e. The van der Waals surface area contributed by atoms with Crippen LogP contribution in [0.15, 0.2) is 23.1 Å². The van der Waals surface area contributed by atoms with Crippen molar-refractivity contribution in [1.82, 2.24) is 9.84 Å². The molecule has 116 valence electrons. The van der Waals surface area contributed by atoms with Crippen molar-refractivity contribution in [2.24, 2.45) is 5.84 Å². The quantitative estimate of drug-likeness (QED) is 0.372. The molecule has 0 saturated carbocycles. The van der Waals surface area contributed by atoms with Crippen molar-refractivity contribution in [3.05, 3.63) is 28.3 Å². The van der Waals surface area contributed by atoms with Crippen molar-refractivity contribution in [3.8, 4) is 0 Å². The monoisotopic (exact) mass is 317 g/mol. The number of hydrogen-bond acceptors (Lipinski definition) is 8. The van der Waals surface area contributed by atoms with Crippen LogP contribution in [0.3, 0.4) is 0 Å². The van der Waals surface area contributed by atoms with Gasteiger partial charge in [0, 0.05) is 19.2 Å². The van der Waals surface area contributed by atoms with Crippen LogP contribution in [0.4, 0.5) is 11.4 Å². The molecular formula is C10H15N5O5S. The van der Waals surface area contributed by atoms with Crippen LogP contribution in [-0.4, -0.2) is 44.7 Å². The predicted octanol–water partition coefficient (Wildman–Crippen LogP) is -0.594. The number of benzene rings is 1. The molecule has 21 heavy (non-hydrogen) atoms. The van der Waals surface area contributed by atoms with Crippen molar-refractivity contribution in [1.29, 1.82) is 0 Å². The van der Waals surface area contributed by atoms with E-state index in [1.807, 2.05) is 0 Å². The molecule has 0 aliphatic carbocycles. The van der Waals surface area contributed by atoms with Crippen LogP contribution in [0.1, 0.15) is 0 Å². The lowest BCUT2D eigenvalue weighted by molar-refractivity contribution is -0.387. The van der Waals surface area contributed by atoms with Crippen LogP contribution in [0.2, 0.25) is 0 Å². The summed E-state index contributed by atoms with van der Waals surface area (Å²) < 4.78 is 29.8. The molecule has 0 amide bonds. The van der Waals surface area contributed by atoms with Crippen LogP contribution >= 0.6 is 0 Å². The second-order valence-electron chi connectivity index (χ2n) is 4.28. The van der Waals surface area contributed by atoms with Gasteiger partial charge in [0.2, 0.25) is 0 Å². The maximum Gasteiger partial charge on any atom is 0.289 e. The number of nitro benzene ring substituents is 1. The fourth-order valence-electron chi connectivity index (χ4n) is 1.84. The third-order valence-electron chi connectivity index (χ3n) is 2.87. The highest BCUT2D eigenvalue weighted by Gasteiger charge is 2.28. The highest BCUT2D eigenvalue weighted by Crippen LogP contribution is 2.26. The number of nitro groups is 1. The molecule has 0 spiro atoms. The molecule has 1 aliphatic heterocycles. The summed E-state index contributed by atoms with van der Waals surface area (Å²) in [7, 11) is -4.09. The molecule has 0 bridgehead atoms. The molecule has 1 fully saturated rings. The number of rotatable bonds is 5. The van der Waals surface area contributed by atoms with Crippen LogP contribution in [-0.2, 0) is 14.8 Å². The Kier molecular flexibility index (Phi) is 4.69. The number of sulfonamides is 1. The highest BCUT2D eigenvalue weighted by molar-refractivity contribution is 7.89. The van der Waals surface area contributed by atoms with Gasteiger partial charge in [0.1, 0.15) is 0 Å². The van der Waals surface area contributed by atoms with E-state index < -0.39 is 25.5 Å². The largest absolute Gasteiger partial charge is 0.379 e. The summed E-state index contributed by atoms with van der Waals surface area (Å²) in [6, 6.07) is 3.52. The SMILES string of the molecule is NNc1ccc([N+](=O)[O-])c(S(=O)(=O)NN2CCOCC2)c1. The third-order valence-corrected chi connectivity index (χ3v) is 4.28. The second kappa shape index (κ2) is 6.32. The molecule has 10 nitrogen and oxygen atoms in total. The molecule has 1 aromatic rings. The van der Waals surface area contributed by atoms with Gasteiger partial charge in [0.15, 0.2) is 4.90 Å². The van der Waals surface area contributed by atoms with Gasteiger partial charge >= 0.3 is 0 Å². The van der Waals surface area contributed by atoms with Crippen LogP contribution in [0.25, 0.3) is 0 Å². The first kappa shape index (κ1) is 15.6. The van der Waals surface area contributed by atoms with Gasteiger partial charge in [-0.2, -0.15) is 0 Å². The van der Waals surface area contributed by atoms with Crippen LogP contribution in [0.5, 0.6) is 0 Å². The zero-order valence-electron chi connectivity index (χ0n) is 11.0. The number of morpholine rings is 1. The second-order valence-corrected chi connectivity index (χ2v) is 5.91.